The molecule has 0 spiro atoms. The number of halogens is 3. The number of esters is 1. The maximum atomic E-state index is 12.7. The number of rotatable bonds is 5. The molecular formula is C22H21F3N4O3. The van der Waals surface area contributed by atoms with E-state index in [0.717, 1.165) is 12.3 Å². The van der Waals surface area contributed by atoms with Crippen molar-refractivity contribution in [2.75, 3.05) is 23.3 Å². The number of hydrogen-bond donors (Lipinski definition) is 1. The van der Waals surface area contributed by atoms with E-state index < -0.39 is 35.6 Å². The normalized spacial score (nSPS) is 15.5. The van der Waals surface area contributed by atoms with Crippen LogP contribution in [0.1, 0.15) is 30.9 Å². The molecule has 2 heterocycles. The van der Waals surface area contributed by atoms with Crippen LogP contribution in [-0.2, 0) is 20.5 Å². The van der Waals surface area contributed by atoms with Crippen LogP contribution in [0.5, 0.6) is 0 Å². The summed E-state index contributed by atoms with van der Waals surface area (Å²) in [6.07, 6.45) is -3.81. The molecule has 0 radical (unpaired) electrons. The molecule has 1 aromatic heterocycles. The average Bonchev–Trinajstić information content (AvgIpc) is 2.78. The molecular weight excluding hydrogens is 425 g/mol. The summed E-state index contributed by atoms with van der Waals surface area (Å²) in [6.45, 7) is 2.32. The molecule has 7 nitrogen and oxygen atoms in total. The summed E-state index contributed by atoms with van der Waals surface area (Å²) in [5, 5.41) is 11.5. The van der Waals surface area contributed by atoms with Crippen LogP contribution in [0.4, 0.5) is 24.7 Å². The van der Waals surface area contributed by atoms with Crippen LogP contribution < -0.4 is 10.2 Å². The van der Waals surface area contributed by atoms with Gasteiger partial charge in [-0.1, -0.05) is 6.07 Å². The van der Waals surface area contributed by atoms with E-state index in [-0.39, 0.29) is 0 Å². The predicted molar refractivity (Wildman–Crippen MR) is 110 cm³/mol. The lowest BCUT2D eigenvalue weighted by atomic mass is 9.97. The van der Waals surface area contributed by atoms with E-state index in [2.05, 4.69) is 10.3 Å². The summed E-state index contributed by atoms with van der Waals surface area (Å²) < 4.78 is 43.3. The van der Waals surface area contributed by atoms with Gasteiger partial charge in [0, 0.05) is 25.0 Å². The van der Waals surface area contributed by atoms with Crippen LogP contribution in [0, 0.1) is 17.2 Å². The van der Waals surface area contributed by atoms with Gasteiger partial charge in [0.25, 0.3) is 5.91 Å². The average molecular weight is 446 g/mol. The fourth-order valence-corrected chi connectivity index (χ4v) is 3.32. The Hall–Kier alpha value is -3.61. The summed E-state index contributed by atoms with van der Waals surface area (Å²) >= 11 is 0. The minimum atomic E-state index is -4.44. The maximum Gasteiger partial charge on any atom is 0.417 e. The number of carbonyl (C=O) groups is 2. The zero-order valence-corrected chi connectivity index (χ0v) is 17.2. The van der Waals surface area contributed by atoms with Crippen molar-refractivity contribution >= 4 is 23.4 Å². The molecule has 1 aromatic carbocycles. The number of amides is 1. The molecule has 10 heteroatoms. The second-order valence-electron chi connectivity index (χ2n) is 7.43. The van der Waals surface area contributed by atoms with Gasteiger partial charge in [-0.25, -0.2) is 4.98 Å². The molecule has 2 aromatic rings. The van der Waals surface area contributed by atoms with E-state index in [0.29, 0.717) is 43.0 Å². The Morgan fingerprint density at radius 2 is 1.97 bits per heavy atom. The smallest absolute Gasteiger partial charge is 0.417 e. The Balaban J connectivity index is 1.49. The lowest BCUT2D eigenvalue weighted by molar-refractivity contribution is -0.158. The highest BCUT2D eigenvalue weighted by molar-refractivity contribution is 5.95. The van der Waals surface area contributed by atoms with Crippen molar-refractivity contribution in [3.05, 3.63) is 53.7 Å². The van der Waals surface area contributed by atoms with Gasteiger partial charge in [-0.3, -0.25) is 9.59 Å². The Bertz CT molecular complexity index is 1010. The van der Waals surface area contributed by atoms with Crippen molar-refractivity contribution in [1.29, 1.82) is 5.26 Å². The Kier molecular flexibility index (Phi) is 6.98. The number of nitrogens with zero attached hydrogens (tertiary/aromatic N) is 3. The van der Waals surface area contributed by atoms with Crippen molar-refractivity contribution in [2.24, 2.45) is 5.92 Å². The SMILES string of the molecule is CC(OC(=O)C1CCN(c2ccc(C(F)(F)F)cn2)CC1)C(=O)Nc1cccc(C#N)c1. The Labute approximate surface area is 182 Å². The molecule has 32 heavy (non-hydrogen) atoms. The van der Waals surface area contributed by atoms with Crippen LogP contribution in [-0.4, -0.2) is 36.1 Å². The molecule has 1 N–H and O–H groups in total. The van der Waals surface area contributed by atoms with Crippen LogP contribution in [0.15, 0.2) is 42.6 Å². The van der Waals surface area contributed by atoms with Gasteiger partial charge in [0.1, 0.15) is 5.82 Å². The van der Waals surface area contributed by atoms with Crippen LogP contribution >= 0.6 is 0 Å². The highest BCUT2D eigenvalue weighted by atomic mass is 19.4. The summed E-state index contributed by atoms with van der Waals surface area (Å²) in [5.41, 5.74) is 0.00219. The number of piperidine rings is 1. The molecule has 1 atom stereocenters. The van der Waals surface area contributed by atoms with Gasteiger partial charge in [-0.15, -0.1) is 0 Å². The molecule has 168 valence electrons. The first kappa shape index (κ1) is 23.1. The zero-order valence-electron chi connectivity index (χ0n) is 17.2. The minimum absolute atomic E-state index is 0.391. The Morgan fingerprint density at radius 1 is 1.25 bits per heavy atom. The maximum absolute atomic E-state index is 12.7. The van der Waals surface area contributed by atoms with E-state index >= 15 is 0 Å². The summed E-state index contributed by atoms with van der Waals surface area (Å²) in [6, 6.07) is 10.6. The second kappa shape index (κ2) is 9.68. The third-order valence-corrected chi connectivity index (χ3v) is 5.15. The summed E-state index contributed by atoms with van der Waals surface area (Å²) in [4.78, 5) is 30.4. The lowest BCUT2D eigenvalue weighted by Gasteiger charge is -2.32. The number of nitriles is 1. The number of anilines is 2. The van der Waals surface area contributed by atoms with Crippen molar-refractivity contribution in [3.8, 4) is 6.07 Å². The number of aromatic nitrogens is 1. The summed E-state index contributed by atoms with van der Waals surface area (Å²) in [5.74, 6) is -1.02. The van der Waals surface area contributed by atoms with E-state index in [9.17, 15) is 22.8 Å². The van der Waals surface area contributed by atoms with Gasteiger partial charge in [-0.05, 0) is 50.1 Å². The van der Waals surface area contributed by atoms with Crippen molar-refractivity contribution < 1.29 is 27.5 Å². The van der Waals surface area contributed by atoms with Gasteiger partial charge in [0.15, 0.2) is 6.10 Å². The van der Waals surface area contributed by atoms with Gasteiger partial charge in [-0.2, -0.15) is 18.4 Å². The first-order valence-corrected chi connectivity index (χ1v) is 9.97. The third kappa shape index (κ3) is 5.75. The molecule has 0 bridgehead atoms. The number of alkyl halides is 3. The number of pyridine rings is 1. The van der Waals surface area contributed by atoms with Crippen LogP contribution in [0.25, 0.3) is 0 Å². The molecule has 0 saturated carbocycles. The van der Waals surface area contributed by atoms with Crippen molar-refractivity contribution in [3.63, 3.8) is 0 Å². The lowest BCUT2D eigenvalue weighted by Crippen LogP contribution is -2.39. The molecule has 1 amide bonds. The quantitative estimate of drug-likeness (QED) is 0.703. The highest BCUT2D eigenvalue weighted by Gasteiger charge is 2.32. The fourth-order valence-electron chi connectivity index (χ4n) is 3.32. The molecule has 1 fully saturated rings. The summed E-state index contributed by atoms with van der Waals surface area (Å²) in [7, 11) is 0. The zero-order chi connectivity index (χ0) is 23.3. The fraction of sp³-hybridized carbons (Fsp3) is 0.364. The first-order chi connectivity index (χ1) is 15.2. The molecule has 0 aliphatic carbocycles. The topological polar surface area (TPSA) is 95.3 Å². The van der Waals surface area contributed by atoms with Crippen LogP contribution in [0.2, 0.25) is 0 Å². The van der Waals surface area contributed by atoms with E-state index in [1.807, 2.05) is 11.0 Å². The van der Waals surface area contributed by atoms with Gasteiger partial charge >= 0.3 is 12.1 Å². The number of carbonyl (C=O) groups excluding carboxylic acids is 2. The van der Waals surface area contributed by atoms with Crippen LogP contribution in [0.3, 0.4) is 0 Å². The van der Waals surface area contributed by atoms with Crippen molar-refractivity contribution in [2.45, 2.75) is 32.0 Å². The number of ether oxygens (including phenoxy) is 1. The van der Waals surface area contributed by atoms with Gasteiger partial charge in [0.2, 0.25) is 0 Å². The largest absolute Gasteiger partial charge is 0.452 e. The minimum Gasteiger partial charge on any atom is -0.452 e. The van der Waals surface area contributed by atoms with E-state index in [1.54, 1.807) is 18.2 Å². The molecule has 3 rings (SSSR count). The first-order valence-electron chi connectivity index (χ1n) is 9.97. The standard InChI is InChI=1S/C22H21F3N4O3/c1-14(20(30)28-18-4-2-3-15(11-18)12-26)32-21(31)16-7-9-29(10-8-16)19-6-5-17(13-27-19)22(23,24)25/h2-6,11,13-14,16H,7-10H2,1H3,(H,28,30). The third-order valence-electron chi connectivity index (χ3n) is 5.15. The number of benzene rings is 1. The van der Waals surface area contributed by atoms with Gasteiger partial charge in [0.05, 0.1) is 23.1 Å². The monoisotopic (exact) mass is 446 g/mol. The number of hydrogen-bond acceptors (Lipinski definition) is 6. The molecule has 1 saturated heterocycles. The predicted octanol–water partition coefficient (Wildman–Crippen LogP) is 3.76. The second-order valence-corrected chi connectivity index (χ2v) is 7.43. The highest BCUT2D eigenvalue weighted by Crippen LogP contribution is 2.30. The molecule has 1 aliphatic rings. The number of nitrogens with one attached hydrogen (secondary N) is 1. The Morgan fingerprint density at radius 3 is 2.56 bits per heavy atom. The van der Waals surface area contributed by atoms with Crippen molar-refractivity contribution in [1.82, 2.24) is 4.98 Å². The van der Waals surface area contributed by atoms with E-state index in [4.69, 9.17) is 10.00 Å². The molecule has 1 unspecified atom stereocenters. The van der Waals surface area contributed by atoms with Gasteiger partial charge < -0.3 is 15.0 Å². The van der Waals surface area contributed by atoms with E-state index in [1.165, 1.54) is 19.1 Å². The molecule has 1 aliphatic heterocycles.